The molecule has 0 saturated carbocycles. The molecule has 0 heterocycles. The van der Waals surface area contributed by atoms with Crippen LogP contribution in [0, 0.1) is 0 Å². The van der Waals surface area contributed by atoms with Crippen LogP contribution in [0.2, 0.25) is 58.9 Å². The van der Waals surface area contributed by atoms with Gasteiger partial charge in [-0.05, 0) is 71.1 Å². The van der Waals surface area contributed by atoms with Crippen LogP contribution in [0.15, 0.2) is 18.2 Å². The number of hydrogen-bond acceptors (Lipinski definition) is 4. The van der Waals surface area contributed by atoms with E-state index >= 15 is 0 Å². The molecule has 0 unspecified atom stereocenters. The zero-order chi connectivity index (χ0) is 18.1. The van der Waals surface area contributed by atoms with Crippen LogP contribution in [0.25, 0.3) is 0 Å². The quantitative estimate of drug-likeness (QED) is 0.653. The molecular formula is C16H30O4Si3. The van der Waals surface area contributed by atoms with Gasteiger partial charge >= 0.3 is 5.97 Å². The molecule has 0 bridgehead atoms. The Balaban J connectivity index is 3.36. The summed E-state index contributed by atoms with van der Waals surface area (Å²) in [5.41, 5.74) is 0.430. The summed E-state index contributed by atoms with van der Waals surface area (Å²) >= 11 is 0. The third kappa shape index (κ3) is 7.36. The van der Waals surface area contributed by atoms with Crippen LogP contribution in [0.1, 0.15) is 10.4 Å². The molecule has 7 heteroatoms. The van der Waals surface area contributed by atoms with Gasteiger partial charge in [0, 0.05) is 0 Å². The van der Waals surface area contributed by atoms with Crippen LogP contribution in [0.5, 0.6) is 11.5 Å². The van der Waals surface area contributed by atoms with Gasteiger partial charge in [0.15, 0.2) is 0 Å². The van der Waals surface area contributed by atoms with Gasteiger partial charge in [-0.1, -0.05) is 6.07 Å². The first-order valence-electron chi connectivity index (χ1n) is 7.92. The third-order valence-electron chi connectivity index (χ3n) is 2.42. The minimum Gasteiger partial charge on any atom is -0.544 e. The van der Waals surface area contributed by atoms with Gasteiger partial charge in [0.1, 0.15) is 17.1 Å². The Morgan fingerprint density at radius 3 is 1.43 bits per heavy atom. The fourth-order valence-corrected chi connectivity index (χ4v) is 4.19. The van der Waals surface area contributed by atoms with E-state index in [4.69, 9.17) is 13.3 Å². The van der Waals surface area contributed by atoms with Crippen LogP contribution in [0.4, 0.5) is 0 Å². The van der Waals surface area contributed by atoms with Crippen molar-refractivity contribution in [2.24, 2.45) is 0 Å². The molecular weight excluding hydrogens is 340 g/mol. The van der Waals surface area contributed by atoms with Crippen LogP contribution in [0.3, 0.4) is 0 Å². The van der Waals surface area contributed by atoms with Crippen LogP contribution in [-0.2, 0) is 4.43 Å². The van der Waals surface area contributed by atoms with Gasteiger partial charge in [-0.15, -0.1) is 0 Å². The Kier molecular flexibility index (Phi) is 5.93. The number of hydrogen-bond donors (Lipinski definition) is 0. The minimum atomic E-state index is -2.00. The largest absolute Gasteiger partial charge is 0.544 e. The second-order valence-electron chi connectivity index (χ2n) is 8.56. The van der Waals surface area contributed by atoms with Crippen LogP contribution >= 0.6 is 0 Å². The van der Waals surface area contributed by atoms with Gasteiger partial charge in [0.25, 0.3) is 0 Å². The first-order valence-corrected chi connectivity index (χ1v) is 18.1. The number of carbonyl (C=O) groups is 1. The fourth-order valence-electron chi connectivity index (χ4n) is 1.87. The summed E-state index contributed by atoms with van der Waals surface area (Å²) in [5, 5.41) is 0. The number of benzene rings is 1. The van der Waals surface area contributed by atoms with Crippen LogP contribution in [-0.4, -0.2) is 30.9 Å². The zero-order valence-corrected chi connectivity index (χ0v) is 18.9. The van der Waals surface area contributed by atoms with E-state index in [1.807, 2.05) is 37.8 Å². The minimum absolute atomic E-state index is 0.341. The molecule has 0 fully saturated rings. The van der Waals surface area contributed by atoms with Crippen molar-refractivity contribution in [3.05, 3.63) is 23.8 Å². The Labute approximate surface area is 143 Å². The lowest BCUT2D eigenvalue weighted by molar-refractivity contribution is 0.0720. The van der Waals surface area contributed by atoms with Crippen molar-refractivity contribution in [3.8, 4) is 11.5 Å². The summed E-state index contributed by atoms with van der Waals surface area (Å²) in [6.07, 6.45) is 0. The third-order valence-corrected chi connectivity index (χ3v) is 4.89. The molecule has 4 nitrogen and oxygen atoms in total. The van der Waals surface area contributed by atoms with Gasteiger partial charge in [-0.2, -0.15) is 0 Å². The lowest BCUT2D eigenvalue weighted by Crippen LogP contribution is -2.34. The average molecular weight is 371 g/mol. The van der Waals surface area contributed by atoms with Crippen molar-refractivity contribution in [2.75, 3.05) is 0 Å². The van der Waals surface area contributed by atoms with E-state index in [1.165, 1.54) is 0 Å². The summed E-state index contributed by atoms with van der Waals surface area (Å²) < 4.78 is 17.9. The Morgan fingerprint density at radius 2 is 1.13 bits per heavy atom. The molecule has 0 aliphatic heterocycles. The molecule has 0 amide bonds. The topological polar surface area (TPSA) is 44.8 Å². The van der Waals surface area contributed by atoms with Gasteiger partial charge in [0.05, 0.1) is 0 Å². The van der Waals surface area contributed by atoms with E-state index in [0.717, 1.165) is 0 Å². The molecule has 0 aliphatic rings. The lowest BCUT2D eigenvalue weighted by Gasteiger charge is -2.27. The van der Waals surface area contributed by atoms with E-state index in [-0.39, 0.29) is 5.97 Å². The molecule has 0 aromatic heterocycles. The van der Waals surface area contributed by atoms with E-state index < -0.39 is 25.0 Å². The summed E-state index contributed by atoms with van der Waals surface area (Å²) in [4.78, 5) is 12.8. The predicted molar refractivity (Wildman–Crippen MR) is 103 cm³/mol. The summed E-state index contributed by atoms with van der Waals surface area (Å²) in [6.45, 7) is 18.5. The lowest BCUT2D eigenvalue weighted by atomic mass is 10.2. The van der Waals surface area contributed by atoms with E-state index in [9.17, 15) is 4.79 Å². The molecule has 0 atom stereocenters. The second-order valence-corrected chi connectivity index (χ2v) is 21.8. The number of rotatable bonds is 6. The molecule has 23 heavy (non-hydrogen) atoms. The fraction of sp³-hybridized carbons (Fsp3) is 0.562. The average Bonchev–Trinajstić information content (AvgIpc) is 2.21. The van der Waals surface area contributed by atoms with Gasteiger partial charge < -0.3 is 13.3 Å². The van der Waals surface area contributed by atoms with Crippen molar-refractivity contribution in [1.82, 2.24) is 0 Å². The van der Waals surface area contributed by atoms with Crippen molar-refractivity contribution < 1.29 is 18.1 Å². The molecule has 130 valence electrons. The second kappa shape index (κ2) is 6.82. The summed E-state index contributed by atoms with van der Waals surface area (Å²) in [7, 11) is -5.72. The maximum absolute atomic E-state index is 12.8. The molecule has 0 radical (unpaired) electrons. The van der Waals surface area contributed by atoms with Gasteiger partial charge in [-0.25, -0.2) is 4.79 Å². The standard InChI is InChI=1S/C16H30O4Si3/c1-21(2,3)18-13-11-10-12-14(19-22(4,5)6)15(13)16(17)20-23(7,8)9/h10-12H,1-9H3. The monoisotopic (exact) mass is 370 g/mol. The molecule has 1 aromatic carbocycles. The van der Waals surface area contributed by atoms with Crippen molar-refractivity contribution in [3.63, 3.8) is 0 Å². The molecule has 0 N–H and O–H groups in total. The van der Waals surface area contributed by atoms with Gasteiger partial charge in [0.2, 0.25) is 25.0 Å². The molecule has 0 spiro atoms. The summed E-state index contributed by atoms with van der Waals surface area (Å²) in [6, 6.07) is 5.53. The van der Waals surface area contributed by atoms with Gasteiger partial charge in [-0.3, -0.25) is 0 Å². The van der Waals surface area contributed by atoms with Crippen LogP contribution < -0.4 is 8.85 Å². The Bertz CT molecular complexity index is 532. The first-order chi connectivity index (χ1) is 10.2. The molecule has 0 saturated heterocycles. The molecule has 0 aliphatic carbocycles. The van der Waals surface area contributed by atoms with E-state index in [2.05, 4.69) is 39.3 Å². The van der Waals surface area contributed by atoms with Crippen molar-refractivity contribution >= 4 is 30.9 Å². The highest BCUT2D eigenvalue weighted by Crippen LogP contribution is 2.33. The highest BCUT2D eigenvalue weighted by molar-refractivity contribution is 6.72. The maximum Gasteiger partial charge on any atom is 0.332 e. The zero-order valence-electron chi connectivity index (χ0n) is 15.9. The smallest absolute Gasteiger partial charge is 0.332 e. The highest BCUT2D eigenvalue weighted by Gasteiger charge is 2.30. The van der Waals surface area contributed by atoms with E-state index in [0.29, 0.717) is 17.1 Å². The highest BCUT2D eigenvalue weighted by atomic mass is 28.4. The maximum atomic E-state index is 12.8. The predicted octanol–water partition coefficient (Wildman–Crippen LogP) is 5.11. The van der Waals surface area contributed by atoms with Crippen molar-refractivity contribution in [2.45, 2.75) is 58.9 Å². The van der Waals surface area contributed by atoms with Crippen molar-refractivity contribution in [1.29, 1.82) is 0 Å². The normalized spacial score (nSPS) is 12.7. The SMILES string of the molecule is C[Si](C)(C)OC(=O)c1c(O[Si](C)(C)C)cccc1O[Si](C)(C)C. The Morgan fingerprint density at radius 1 is 0.739 bits per heavy atom. The first kappa shape index (κ1) is 20.0. The van der Waals surface area contributed by atoms with E-state index in [1.54, 1.807) is 0 Å². The Hall–Kier alpha value is -1.06. The molecule has 1 rings (SSSR count). The number of carbonyl (C=O) groups excluding carboxylic acids is 1. The molecule has 1 aromatic rings. The summed E-state index contributed by atoms with van der Waals surface area (Å²) in [5.74, 6) is 0.803.